The maximum Gasteiger partial charge on any atom is 0.275 e. The first-order chi connectivity index (χ1) is 8.63. The number of hydrogen-bond donors (Lipinski definition) is 0. The van der Waals surface area contributed by atoms with Crippen molar-refractivity contribution in [2.24, 2.45) is 0 Å². The van der Waals surface area contributed by atoms with Crippen LogP contribution in [0.1, 0.15) is 10.5 Å². The van der Waals surface area contributed by atoms with E-state index in [0.717, 1.165) is 5.56 Å². The van der Waals surface area contributed by atoms with Gasteiger partial charge in [0.05, 0.1) is 12.7 Å². The number of carbonyl (C=O) groups excluding carboxylic acids is 1. The average molecular weight is 246 g/mol. The summed E-state index contributed by atoms with van der Waals surface area (Å²) in [5.41, 5.74) is 1.05. The summed E-state index contributed by atoms with van der Waals surface area (Å²) in [5.74, 6) is 0.995. The number of para-hydroxylation sites is 1. The van der Waals surface area contributed by atoms with E-state index in [9.17, 15) is 4.79 Å². The highest BCUT2D eigenvalue weighted by Crippen LogP contribution is 2.29. The topological polar surface area (TPSA) is 55.6 Å². The molecule has 2 rings (SSSR count). The zero-order valence-electron chi connectivity index (χ0n) is 10.5. The molecule has 5 nitrogen and oxygen atoms in total. The second-order valence-electron chi connectivity index (χ2n) is 3.98. The van der Waals surface area contributed by atoms with Gasteiger partial charge in [-0.3, -0.25) is 4.79 Å². The lowest BCUT2D eigenvalue weighted by Crippen LogP contribution is -2.21. The van der Waals surface area contributed by atoms with Crippen molar-refractivity contribution in [2.75, 3.05) is 21.2 Å². The first kappa shape index (κ1) is 12.2. The number of nitrogens with zero attached hydrogens (tertiary/aromatic N) is 2. The van der Waals surface area contributed by atoms with Gasteiger partial charge in [0, 0.05) is 20.2 Å². The molecule has 1 aromatic carbocycles. The Morgan fingerprint density at radius 3 is 2.72 bits per heavy atom. The Kier molecular flexibility index (Phi) is 3.32. The van der Waals surface area contributed by atoms with Gasteiger partial charge in [0.1, 0.15) is 5.75 Å². The Morgan fingerprint density at radius 1 is 1.33 bits per heavy atom. The van der Waals surface area contributed by atoms with Gasteiger partial charge in [-0.2, -0.15) is 0 Å². The number of aromatic nitrogens is 1. The lowest BCUT2D eigenvalue weighted by molar-refractivity contribution is 0.0817. The van der Waals surface area contributed by atoms with Gasteiger partial charge in [0.2, 0.25) is 0 Å². The zero-order chi connectivity index (χ0) is 13.1. The van der Waals surface area contributed by atoms with E-state index in [4.69, 9.17) is 9.26 Å². The Labute approximate surface area is 105 Å². The lowest BCUT2D eigenvalue weighted by atomic mass is 10.1. The minimum Gasteiger partial charge on any atom is -0.496 e. The van der Waals surface area contributed by atoms with Crippen LogP contribution in [0.5, 0.6) is 5.75 Å². The predicted molar refractivity (Wildman–Crippen MR) is 66.5 cm³/mol. The van der Waals surface area contributed by atoms with E-state index in [2.05, 4.69) is 5.16 Å². The van der Waals surface area contributed by atoms with Crippen molar-refractivity contribution < 1.29 is 14.1 Å². The second kappa shape index (κ2) is 4.91. The molecule has 1 aromatic heterocycles. The van der Waals surface area contributed by atoms with Gasteiger partial charge >= 0.3 is 0 Å². The number of carbonyl (C=O) groups is 1. The monoisotopic (exact) mass is 246 g/mol. The van der Waals surface area contributed by atoms with Crippen LogP contribution in [-0.2, 0) is 0 Å². The maximum absolute atomic E-state index is 11.7. The third-order valence-corrected chi connectivity index (χ3v) is 2.51. The van der Waals surface area contributed by atoms with Crippen molar-refractivity contribution in [3.05, 3.63) is 36.0 Å². The molecule has 0 atom stereocenters. The van der Waals surface area contributed by atoms with Gasteiger partial charge in [0.25, 0.3) is 5.91 Å². The predicted octanol–water partition coefficient (Wildman–Crippen LogP) is 2.05. The maximum atomic E-state index is 11.7. The Bertz CT molecular complexity index is 561. The normalized spacial score (nSPS) is 10.2. The molecule has 0 N–H and O–H groups in total. The van der Waals surface area contributed by atoms with Gasteiger partial charge in [0.15, 0.2) is 11.5 Å². The number of ether oxygens (including phenoxy) is 1. The molecule has 94 valence electrons. The lowest BCUT2D eigenvalue weighted by Gasteiger charge is -2.05. The molecule has 18 heavy (non-hydrogen) atoms. The molecule has 0 saturated heterocycles. The number of methoxy groups -OCH3 is 1. The van der Waals surface area contributed by atoms with Crippen LogP contribution in [0.15, 0.2) is 34.9 Å². The van der Waals surface area contributed by atoms with Crippen LogP contribution in [0.2, 0.25) is 0 Å². The minimum atomic E-state index is -0.195. The van der Waals surface area contributed by atoms with Gasteiger partial charge in [-0.25, -0.2) is 0 Å². The molecular formula is C13H14N2O3. The van der Waals surface area contributed by atoms with Crippen molar-refractivity contribution in [3.8, 4) is 17.1 Å². The van der Waals surface area contributed by atoms with Crippen molar-refractivity contribution in [1.82, 2.24) is 10.1 Å². The minimum absolute atomic E-state index is 0.195. The molecule has 0 fully saturated rings. The van der Waals surface area contributed by atoms with Crippen molar-refractivity contribution >= 4 is 5.91 Å². The fourth-order valence-corrected chi connectivity index (χ4v) is 1.58. The van der Waals surface area contributed by atoms with Gasteiger partial charge in [-0.15, -0.1) is 0 Å². The van der Waals surface area contributed by atoms with E-state index in [1.54, 1.807) is 27.3 Å². The molecule has 0 unspecified atom stereocenters. The molecule has 0 aliphatic carbocycles. The Hall–Kier alpha value is -2.30. The summed E-state index contributed by atoms with van der Waals surface area (Å²) in [4.78, 5) is 13.2. The summed E-state index contributed by atoms with van der Waals surface area (Å²) in [6, 6.07) is 9.02. The summed E-state index contributed by atoms with van der Waals surface area (Å²) < 4.78 is 10.4. The van der Waals surface area contributed by atoms with E-state index in [-0.39, 0.29) is 11.6 Å². The summed E-state index contributed by atoms with van der Waals surface area (Å²) in [6.07, 6.45) is 0. The first-order valence-electron chi connectivity index (χ1n) is 5.45. The fourth-order valence-electron chi connectivity index (χ4n) is 1.58. The van der Waals surface area contributed by atoms with Crippen LogP contribution in [0.25, 0.3) is 11.3 Å². The smallest absolute Gasteiger partial charge is 0.275 e. The molecule has 1 heterocycles. The third kappa shape index (κ3) is 2.20. The van der Waals surface area contributed by atoms with Gasteiger partial charge in [-0.1, -0.05) is 17.3 Å². The molecule has 0 saturated carbocycles. The van der Waals surface area contributed by atoms with Crippen LogP contribution in [0, 0.1) is 0 Å². The zero-order valence-corrected chi connectivity index (χ0v) is 10.5. The summed E-state index contributed by atoms with van der Waals surface area (Å²) in [6.45, 7) is 0. The first-order valence-corrected chi connectivity index (χ1v) is 5.45. The molecule has 0 aliphatic rings. The SMILES string of the molecule is COc1ccccc1-c1cc(C(=O)N(C)C)no1. The fraction of sp³-hybridized carbons (Fsp3) is 0.231. The van der Waals surface area contributed by atoms with E-state index >= 15 is 0 Å². The molecule has 0 radical (unpaired) electrons. The van der Waals surface area contributed by atoms with Crippen molar-refractivity contribution in [1.29, 1.82) is 0 Å². The number of amides is 1. The van der Waals surface area contributed by atoms with Crippen molar-refractivity contribution in [3.63, 3.8) is 0 Å². The summed E-state index contributed by atoms with van der Waals surface area (Å²) in [7, 11) is 4.92. The number of benzene rings is 1. The molecule has 2 aromatic rings. The summed E-state index contributed by atoms with van der Waals surface area (Å²) >= 11 is 0. The summed E-state index contributed by atoms with van der Waals surface area (Å²) in [5, 5.41) is 3.77. The third-order valence-electron chi connectivity index (χ3n) is 2.51. The Morgan fingerprint density at radius 2 is 2.06 bits per heavy atom. The highest BCUT2D eigenvalue weighted by atomic mass is 16.5. The van der Waals surface area contributed by atoms with Crippen LogP contribution in [0.4, 0.5) is 0 Å². The second-order valence-corrected chi connectivity index (χ2v) is 3.98. The van der Waals surface area contributed by atoms with Crippen LogP contribution in [0.3, 0.4) is 0 Å². The number of hydrogen-bond acceptors (Lipinski definition) is 4. The van der Waals surface area contributed by atoms with E-state index in [1.165, 1.54) is 4.90 Å². The number of rotatable bonds is 3. The van der Waals surface area contributed by atoms with E-state index in [0.29, 0.717) is 11.5 Å². The average Bonchev–Trinajstić information content (AvgIpc) is 2.87. The molecule has 0 bridgehead atoms. The molecule has 0 aliphatic heterocycles. The largest absolute Gasteiger partial charge is 0.496 e. The van der Waals surface area contributed by atoms with E-state index < -0.39 is 0 Å². The highest BCUT2D eigenvalue weighted by molar-refractivity contribution is 5.92. The Balaban J connectivity index is 2.38. The quantitative estimate of drug-likeness (QED) is 0.831. The molecule has 0 spiro atoms. The van der Waals surface area contributed by atoms with Gasteiger partial charge in [-0.05, 0) is 12.1 Å². The van der Waals surface area contributed by atoms with Crippen molar-refractivity contribution in [2.45, 2.75) is 0 Å². The molecule has 5 heteroatoms. The highest BCUT2D eigenvalue weighted by Gasteiger charge is 2.16. The van der Waals surface area contributed by atoms with Crippen LogP contribution < -0.4 is 4.74 Å². The van der Waals surface area contributed by atoms with E-state index in [1.807, 2.05) is 24.3 Å². The molecule has 1 amide bonds. The molecular weight excluding hydrogens is 232 g/mol. The van der Waals surface area contributed by atoms with Crippen LogP contribution in [-0.4, -0.2) is 37.2 Å². The van der Waals surface area contributed by atoms with Gasteiger partial charge < -0.3 is 14.2 Å². The van der Waals surface area contributed by atoms with Crippen LogP contribution >= 0.6 is 0 Å². The standard InChI is InChI=1S/C13H14N2O3/c1-15(2)13(16)10-8-12(18-14-10)9-6-4-5-7-11(9)17-3/h4-8H,1-3H3.